The van der Waals surface area contributed by atoms with Crippen molar-refractivity contribution in [1.29, 1.82) is 0 Å². The molecule has 1 aromatic heterocycles. The molecule has 0 spiro atoms. The van der Waals surface area contributed by atoms with Gasteiger partial charge in [0.05, 0.1) is 5.69 Å². The zero-order chi connectivity index (χ0) is 15.9. The van der Waals surface area contributed by atoms with Gasteiger partial charge in [0.25, 0.3) is 0 Å². The predicted molar refractivity (Wildman–Crippen MR) is 86.5 cm³/mol. The number of nitrogens with one attached hydrogen (secondary N) is 1. The number of rotatable bonds is 7. The Bertz CT molecular complexity index is 653. The van der Waals surface area contributed by atoms with Crippen LogP contribution in [0.2, 0.25) is 0 Å². The molecule has 2 rings (SSSR count). The van der Waals surface area contributed by atoms with Gasteiger partial charge in [0.15, 0.2) is 5.13 Å². The van der Waals surface area contributed by atoms with Gasteiger partial charge in [-0.1, -0.05) is 55.0 Å². The maximum Gasteiger partial charge on any atom is 0.347 e. The van der Waals surface area contributed by atoms with Crippen LogP contribution < -0.4 is 5.32 Å². The van der Waals surface area contributed by atoms with E-state index in [4.69, 9.17) is 0 Å². The number of carboxylic acid groups (broad SMARTS) is 1. The lowest BCUT2D eigenvalue weighted by Gasteiger charge is -2.00. The van der Waals surface area contributed by atoms with Crippen molar-refractivity contribution in [3.63, 3.8) is 0 Å². The zero-order valence-electron chi connectivity index (χ0n) is 12.3. The summed E-state index contributed by atoms with van der Waals surface area (Å²) in [6, 6.07) is 9.54. The molecule has 1 amide bonds. The van der Waals surface area contributed by atoms with E-state index < -0.39 is 5.97 Å². The first-order valence-electron chi connectivity index (χ1n) is 7.17. The topological polar surface area (TPSA) is 79.3 Å². The van der Waals surface area contributed by atoms with Gasteiger partial charge in [0, 0.05) is 12.8 Å². The van der Waals surface area contributed by atoms with Crippen molar-refractivity contribution >= 4 is 28.3 Å². The highest BCUT2D eigenvalue weighted by Crippen LogP contribution is 2.25. The zero-order valence-corrected chi connectivity index (χ0v) is 13.2. The minimum atomic E-state index is -1.02. The van der Waals surface area contributed by atoms with Crippen molar-refractivity contribution in [1.82, 2.24) is 4.98 Å². The lowest BCUT2D eigenvalue weighted by atomic mass is 10.1. The number of thiazole rings is 1. The van der Waals surface area contributed by atoms with E-state index in [0.29, 0.717) is 23.7 Å². The number of hydrogen-bond acceptors (Lipinski definition) is 4. The maximum absolute atomic E-state index is 11.7. The second kappa shape index (κ2) is 7.70. The van der Waals surface area contributed by atoms with Gasteiger partial charge in [-0.05, 0) is 12.0 Å². The molecule has 22 heavy (non-hydrogen) atoms. The third-order valence-corrected chi connectivity index (χ3v) is 4.11. The number of nitrogens with zero attached hydrogens (tertiary/aromatic N) is 1. The minimum Gasteiger partial charge on any atom is -0.477 e. The van der Waals surface area contributed by atoms with E-state index in [1.807, 2.05) is 37.3 Å². The largest absolute Gasteiger partial charge is 0.477 e. The van der Waals surface area contributed by atoms with Crippen LogP contribution >= 0.6 is 11.3 Å². The summed E-state index contributed by atoms with van der Waals surface area (Å²) < 4.78 is 0. The monoisotopic (exact) mass is 318 g/mol. The SMILES string of the molecule is CCCCC(=O)Nc1nc(Cc2ccccc2)c(C(=O)O)s1. The van der Waals surface area contributed by atoms with Crippen molar-refractivity contribution in [2.45, 2.75) is 32.6 Å². The van der Waals surface area contributed by atoms with Crippen LogP contribution in [0.3, 0.4) is 0 Å². The Morgan fingerprint density at radius 2 is 2.00 bits per heavy atom. The van der Waals surface area contributed by atoms with E-state index >= 15 is 0 Å². The summed E-state index contributed by atoms with van der Waals surface area (Å²) in [6.45, 7) is 2.01. The summed E-state index contributed by atoms with van der Waals surface area (Å²) in [5.41, 5.74) is 1.47. The number of benzene rings is 1. The van der Waals surface area contributed by atoms with Crippen LogP contribution in [-0.4, -0.2) is 22.0 Å². The summed E-state index contributed by atoms with van der Waals surface area (Å²) in [4.78, 5) is 27.5. The molecule has 1 aromatic carbocycles. The third kappa shape index (κ3) is 4.39. The van der Waals surface area contributed by atoms with Crippen LogP contribution in [0, 0.1) is 0 Å². The van der Waals surface area contributed by atoms with E-state index in [1.54, 1.807) is 0 Å². The van der Waals surface area contributed by atoms with E-state index in [2.05, 4.69) is 10.3 Å². The number of carbonyl (C=O) groups is 2. The average Bonchev–Trinajstić information content (AvgIpc) is 2.89. The molecule has 2 N–H and O–H groups in total. The second-order valence-corrected chi connectivity index (χ2v) is 5.91. The number of aromatic nitrogens is 1. The highest BCUT2D eigenvalue weighted by Gasteiger charge is 2.18. The maximum atomic E-state index is 11.7. The molecular formula is C16H18N2O3S. The van der Waals surface area contributed by atoms with Crippen LogP contribution in [0.1, 0.15) is 47.1 Å². The van der Waals surface area contributed by atoms with Crippen LogP contribution in [0.5, 0.6) is 0 Å². The normalized spacial score (nSPS) is 10.4. The lowest BCUT2D eigenvalue weighted by Crippen LogP contribution is -2.10. The van der Waals surface area contributed by atoms with Gasteiger partial charge in [0.2, 0.25) is 5.91 Å². The van der Waals surface area contributed by atoms with Gasteiger partial charge < -0.3 is 10.4 Å². The first-order chi connectivity index (χ1) is 10.6. The molecule has 0 saturated carbocycles. The van der Waals surface area contributed by atoms with Crippen LogP contribution in [0.25, 0.3) is 0 Å². The first kappa shape index (κ1) is 16.2. The van der Waals surface area contributed by atoms with Gasteiger partial charge in [-0.3, -0.25) is 4.79 Å². The molecule has 0 atom stereocenters. The van der Waals surface area contributed by atoms with Crippen molar-refractivity contribution in [3.05, 3.63) is 46.5 Å². The number of unbranched alkanes of at least 4 members (excludes halogenated alkanes) is 1. The molecule has 0 radical (unpaired) electrons. The smallest absolute Gasteiger partial charge is 0.347 e. The average molecular weight is 318 g/mol. The van der Waals surface area contributed by atoms with Crippen molar-refractivity contribution < 1.29 is 14.7 Å². The highest BCUT2D eigenvalue weighted by atomic mass is 32.1. The van der Waals surface area contributed by atoms with Crippen molar-refractivity contribution in [2.24, 2.45) is 0 Å². The minimum absolute atomic E-state index is 0.126. The molecule has 0 aliphatic carbocycles. The summed E-state index contributed by atoms with van der Waals surface area (Å²) in [6.07, 6.45) is 2.60. The lowest BCUT2D eigenvalue weighted by molar-refractivity contribution is -0.116. The van der Waals surface area contributed by atoms with Crippen LogP contribution in [-0.2, 0) is 11.2 Å². The molecule has 0 unspecified atom stereocenters. The molecule has 0 fully saturated rings. The molecule has 2 aromatic rings. The molecule has 0 saturated heterocycles. The molecule has 0 bridgehead atoms. The van der Waals surface area contributed by atoms with E-state index in [1.165, 1.54) is 0 Å². The quantitative estimate of drug-likeness (QED) is 0.818. The van der Waals surface area contributed by atoms with Gasteiger partial charge in [-0.2, -0.15) is 0 Å². The Hall–Kier alpha value is -2.21. The molecule has 5 nitrogen and oxygen atoms in total. The predicted octanol–water partition coefficient (Wildman–Crippen LogP) is 3.56. The Kier molecular flexibility index (Phi) is 5.66. The van der Waals surface area contributed by atoms with E-state index in [0.717, 1.165) is 29.7 Å². The van der Waals surface area contributed by atoms with Gasteiger partial charge in [-0.25, -0.2) is 9.78 Å². The first-order valence-corrected chi connectivity index (χ1v) is 7.98. The number of aromatic carboxylic acids is 1. The second-order valence-electron chi connectivity index (χ2n) is 4.91. The Balaban J connectivity index is 2.15. The van der Waals surface area contributed by atoms with E-state index in [9.17, 15) is 14.7 Å². The fourth-order valence-electron chi connectivity index (χ4n) is 2.00. The number of anilines is 1. The third-order valence-electron chi connectivity index (χ3n) is 3.11. The Morgan fingerprint density at radius 1 is 1.27 bits per heavy atom. The van der Waals surface area contributed by atoms with Crippen molar-refractivity contribution in [2.75, 3.05) is 5.32 Å². The summed E-state index contributed by atoms with van der Waals surface area (Å²) in [5, 5.41) is 12.3. The highest BCUT2D eigenvalue weighted by molar-refractivity contribution is 7.17. The van der Waals surface area contributed by atoms with Gasteiger partial charge >= 0.3 is 5.97 Å². The number of hydrogen-bond donors (Lipinski definition) is 2. The molecule has 0 aliphatic rings. The van der Waals surface area contributed by atoms with Crippen LogP contribution in [0.15, 0.2) is 30.3 Å². The van der Waals surface area contributed by atoms with E-state index in [-0.39, 0.29) is 10.8 Å². The molecule has 1 heterocycles. The molecular weight excluding hydrogens is 300 g/mol. The van der Waals surface area contributed by atoms with Crippen LogP contribution in [0.4, 0.5) is 5.13 Å². The molecule has 116 valence electrons. The number of amides is 1. The van der Waals surface area contributed by atoms with Gasteiger partial charge in [-0.15, -0.1) is 0 Å². The summed E-state index contributed by atoms with van der Waals surface area (Å²) in [7, 11) is 0. The fourth-order valence-corrected chi connectivity index (χ4v) is 2.84. The Morgan fingerprint density at radius 3 is 2.64 bits per heavy atom. The molecule has 0 aliphatic heterocycles. The number of carbonyl (C=O) groups excluding carboxylic acids is 1. The standard InChI is InChI=1S/C16H18N2O3S/c1-2-3-9-13(19)18-16-17-12(14(22-16)15(20)21)10-11-7-5-4-6-8-11/h4-8H,2-3,9-10H2,1H3,(H,20,21)(H,17,18,19). The van der Waals surface area contributed by atoms with Crippen molar-refractivity contribution in [3.8, 4) is 0 Å². The fraction of sp³-hybridized carbons (Fsp3) is 0.312. The summed E-state index contributed by atoms with van der Waals surface area (Å²) in [5.74, 6) is -1.14. The Labute approximate surface area is 133 Å². The summed E-state index contributed by atoms with van der Waals surface area (Å²) >= 11 is 1.01. The number of carboxylic acids is 1. The molecule has 6 heteroatoms. The van der Waals surface area contributed by atoms with Gasteiger partial charge in [0.1, 0.15) is 4.88 Å².